The fourth-order valence-electron chi connectivity index (χ4n) is 6.35. The first kappa shape index (κ1) is 25.8. The quantitative estimate of drug-likeness (QED) is 0.301. The first-order valence-electron chi connectivity index (χ1n) is 14.2. The molecule has 0 N–H and O–H groups in total. The van der Waals surface area contributed by atoms with Crippen LogP contribution in [-0.2, 0) is 11.3 Å². The van der Waals surface area contributed by atoms with E-state index in [1.807, 2.05) is 12.1 Å². The minimum atomic E-state index is 0.144. The number of thioether (sulfide) groups is 1. The Kier molecular flexibility index (Phi) is 7.67. The van der Waals surface area contributed by atoms with Crippen molar-refractivity contribution in [3.8, 4) is 0 Å². The molecule has 38 heavy (non-hydrogen) atoms. The van der Waals surface area contributed by atoms with Crippen molar-refractivity contribution in [1.82, 2.24) is 9.47 Å². The van der Waals surface area contributed by atoms with E-state index in [0.717, 1.165) is 52.9 Å². The van der Waals surface area contributed by atoms with Gasteiger partial charge in [0.2, 0.25) is 0 Å². The zero-order chi connectivity index (χ0) is 26.1. The molecule has 2 saturated carbocycles. The fraction of sp³-hybridized carbons (Fsp3) is 0.438. The van der Waals surface area contributed by atoms with Crippen molar-refractivity contribution in [2.24, 2.45) is 4.99 Å². The molecule has 0 spiro atoms. The molecule has 0 unspecified atom stereocenters. The summed E-state index contributed by atoms with van der Waals surface area (Å²) in [5.74, 6) is 0.144. The minimum Gasteiger partial charge on any atom is -0.340 e. The zero-order valence-electron chi connectivity index (χ0n) is 22.2. The molecule has 0 atom stereocenters. The molecule has 1 amide bonds. The number of aromatic nitrogens is 1. The van der Waals surface area contributed by atoms with Gasteiger partial charge in [-0.05, 0) is 74.2 Å². The van der Waals surface area contributed by atoms with Crippen LogP contribution in [0.5, 0.6) is 0 Å². The van der Waals surface area contributed by atoms with Gasteiger partial charge in [-0.15, -0.1) is 0 Å². The highest BCUT2D eigenvalue weighted by Gasteiger charge is 2.39. The van der Waals surface area contributed by atoms with E-state index < -0.39 is 0 Å². The molecule has 3 aromatic rings. The molecule has 3 aliphatic rings. The van der Waals surface area contributed by atoms with Crippen LogP contribution in [0.15, 0.2) is 58.4 Å². The molecule has 6 rings (SSSR count). The van der Waals surface area contributed by atoms with E-state index >= 15 is 0 Å². The molecule has 6 heteroatoms. The molecule has 3 fully saturated rings. The maximum absolute atomic E-state index is 14.0. The number of rotatable bonds is 5. The maximum atomic E-state index is 14.0. The van der Waals surface area contributed by atoms with Crippen LogP contribution in [0.2, 0.25) is 5.02 Å². The highest BCUT2D eigenvalue weighted by Crippen LogP contribution is 2.40. The van der Waals surface area contributed by atoms with Gasteiger partial charge in [-0.3, -0.25) is 14.7 Å². The summed E-state index contributed by atoms with van der Waals surface area (Å²) in [6, 6.07) is 17.2. The number of hydrogen-bond acceptors (Lipinski definition) is 3. The van der Waals surface area contributed by atoms with Gasteiger partial charge in [-0.2, -0.15) is 0 Å². The third-order valence-electron chi connectivity index (χ3n) is 8.45. The van der Waals surface area contributed by atoms with Crippen LogP contribution in [0.4, 0.5) is 0 Å². The van der Waals surface area contributed by atoms with Crippen LogP contribution in [0.25, 0.3) is 17.0 Å². The standard InChI is InChI=1S/C32H36ClN3OS/c1-22-28(27-14-8-9-15-29(27)35(22)21-23-16-18-24(33)19-17-23)20-30-31(37)36(26-12-6-3-7-13-26)32(38-30)34-25-10-4-2-5-11-25/h8-9,14-20,25-26H,2-7,10-13,21H2,1H3. The highest BCUT2D eigenvalue weighted by atomic mass is 35.5. The van der Waals surface area contributed by atoms with Crippen molar-refractivity contribution < 1.29 is 4.79 Å². The Morgan fingerprint density at radius 2 is 1.63 bits per heavy atom. The van der Waals surface area contributed by atoms with Crippen LogP contribution >= 0.6 is 23.4 Å². The van der Waals surface area contributed by atoms with Crippen molar-refractivity contribution in [1.29, 1.82) is 0 Å². The number of carbonyl (C=O) groups excluding carboxylic acids is 1. The van der Waals surface area contributed by atoms with Gasteiger partial charge in [-0.1, -0.05) is 80.5 Å². The van der Waals surface area contributed by atoms with Gasteiger partial charge in [0.1, 0.15) is 0 Å². The van der Waals surface area contributed by atoms with Crippen LogP contribution in [-0.4, -0.2) is 32.6 Å². The predicted molar refractivity (Wildman–Crippen MR) is 161 cm³/mol. The first-order valence-corrected chi connectivity index (χ1v) is 15.4. The van der Waals surface area contributed by atoms with Gasteiger partial charge in [0, 0.05) is 39.8 Å². The molecule has 0 bridgehead atoms. The van der Waals surface area contributed by atoms with Gasteiger partial charge >= 0.3 is 0 Å². The summed E-state index contributed by atoms with van der Waals surface area (Å²) >= 11 is 7.74. The normalized spacial score (nSPS) is 21.8. The summed E-state index contributed by atoms with van der Waals surface area (Å²) in [5, 5.41) is 2.88. The SMILES string of the molecule is Cc1c(C=C2SC(=NC3CCCCC3)N(C3CCCCC3)C2=O)c2ccccc2n1Cc1ccc(Cl)cc1. The minimum absolute atomic E-state index is 0.144. The average Bonchev–Trinajstić information content (AvgIpc) is 3.39. The topological polar surface area (TPSA) is 37.6 Å². The highest BCUT2D eigenvalue weighted by molar-refractivity contribution is 8.18. The largest absolute Gasteiger partial charge is 0.340 e. The smallest absolute Gasteiger partial charge is 0.267 e. The summed E-state index contributed by atoms with van der Waals surface area (Å²) in [7, 11) is 0. The number of amidine groups is 1. The number of nitrogens with zero attached hydrogens (tertiary/aromatic N) is 3. The first-order chi connectivity index (χ1) is 18.6. The van der Waals surface area contributed by atoms with Gasteiger partial charge in [0.05, 0.1) is 10.9 Å². The molecule has 2 aliphatic carbocycles. The van der Waals surface area contributed by atoms with E-state index in [0.29, 0.717) is 6.04 Å². The molecule has 1 aliphatic heterocycles. The Bertz CT molecular complexity index is 1380. The van der Waals surface area contributed by atoms with E-state index in [2.05, 4.69) is 58.9 Å². The van der Waals surface area contributed by atoms with Gasteiger partial charge in [0.25, 0.3) is 5.91 Å². The average molecular weight is 546 g/mol. The van der Waals surface area contributed by atoms with Gasteiger partial charge in [0.15, 0.2) is 5.17 Å². The van der Waals surface area contributed by atoms with Crippen LogP contribution in [0.3, 0.4) is 0 Å². The summed E-state index contributed by atoms with van der Waals surface area (Å²) < 4.78 is 2.35. The molecule has 1 saturated heterocycles. The number of amides is 1. The third-order valence-corrected chi connectivity index (χ3v) is 9.70. The number of aliphatic imine (C=N–C) groups is 1. The molecule has 2 heterocycles. The fourth-order valence-corrected chi connectivity index (χ4v) is 7.57. The zero-order valence-corrected chi connectivity index (χ0v) is 23.7. The van der Waals surface area contributed by atoms with E-state index in [4.69, 9.17) is 16.6 Å². The van der Waals surface area contributed by atoms with Crippen LogP contribution < -0.4 is 0 Å². The van der Waals surface area contributed by atoms with Gasteiger partial charge in [-0.25, -0.2) is 0 Å². The molecular formula is C32H36ClN3OS. The lowest BCUT2D eigenvalue weighted by atomic mass is 9.94. The lowest BCUT2D eigenvalue weighted by molar-refractivity contribution is -0.124. The van der Waals surface area contributed by atoms with Crippen molar-refractivity contribution in [3.63, 3.8) is 0 Å². The van der Waals surface area contributed by atoms with E-state index in [1.54, 1.807) is 11.8 Å². The summed E-state index contributed by atoms with van der Waals surface area (Å²) in [4.78, 5) is 22.1. The number of fused-ring (bicyclic) bond motifs is 1. The molecule has 4 nitrogen and oxygen atoms in total. The number of benzene rings is 2. The molecule has 198 valence electrons. The van der Waals surface area contributed by atoms with Crippen molar-refractivity contribution in [2.45, 2.75) is 89.8 Å². The van der Waals surface area contributed by atoms with E-state index in [9.17, 15) is 4.79 Å². The third kappa shape index (κ3) is 5.20. The van der Waals surface area contributed by atoms with Crippen molar-refractivity contribution in [3.05, 3.63) is 75.3 Å². The Morgan fingerprint density at radius 3 is 2.37 bits per heavy atom. The number of halogens is 1. The lowest BCUT2D eigenvalue weighted by Gasteiger charge is -2.31. The summed E-state index contributed by atoms with van der Waals surface area (Å²) in [6.45, 7) is 2.93. The second-order valence-corrected chi connectivity index (χ2v) is 12.5. The van der Waals surface area contributed by atoms with Crippen LogP contribution in [0.1, 0.15) is 81.0 Å². The molecular weight excluding hydrogens is 510 g/mol. The van der Waals surface area contributed by atoms with Gasteiger partial charge < -0.3 is 4.57 Å². The van der Waals surface area contributed by atoms with Crippen molar-refractivity contribution in [2.75, 3.05) is 0 Å². The summed E-state index contributed by atoms with van der Waals surface area (Å²) in [6.07, 6.45) is 14.1. The molecule has 2 aromatic carbocycles. The number of carbonyl (C=O) groups is 1. The lowest BCUT2D eigenvalue weighted by Crippen LogP contribution is -2.41. The second-order valence-electron chi connectivity index (χ2n) is 11.0. The Hall–Kier alpha value is -2.50. The van der Waals surface area contributed by atoms with Crippen molar-refractivity contribution >= 4 is 51.4 Å². The number of hydrogen-bond donors (Lipinski definition) is 0. The Balaban J connectivity index is 1.38. The number of para-hydroxylation sites is 1. The second kappa shape index (κ2) is 11.3. The monoisotopic (exact) mass is 545 g/mol. The van der Waals surface area contributed by atoms with E-state index in [1.165, 1.54) is 60.7 Å². The molecule has 0 radical (unpaired) electrons. The Labute approximate surface area is 235 Å². The summed E-state index contributed by atoms with van der Waals surface area (Å²) in [5.41, 5.74) is 4.69. The maximum Gasteiger partial charge on any atom is 0.267 e. The molecule has 1 aromatic heterocycles. The van der Waals surface area contributed by atoms with E-state index in [-0.39, 0.29) is 11.9 Å². The Morgan fingerprint density at radius 1 is 0.947 bits per heavy atom. The van der Waals surface area contributed by atoms with Crippen LogP contribution in [0, 0.1) is 6.92 Å². The predicted octanol–water partition coefficient (Wildman–Crippen LogP) is 8.59.